The summed E-state index contributed by atoms with van der Waals surface area (Å²) in [7, 11) is 1.51. The van der Waals surface area contributed by atoms with Crippen LogP contribution in [0.3, 0.4) is 0 Å². The molecule has 0 bridgehead atoms. The van der Waals surface area contributed by atoms with E-state index in [1.807, 2.05) is 12.1 Å². The number of amides is 1. The van der Waals surface area contributed by atoms with Gasteiger partial charge in [0.1, 0.15) is 17.4 Å². The van der Waals surface area contributed by atoms with Gasteiger partial charge in [0.05, 0.1) is 7.11 Å². The first-order chi connectivity index (χ1) is 10.6. The molecule has 0 aliphatic carbocycles. The van der Waals surface area contributed by atoms with Crippen LogP contribution in [0.4, 0.5) is 5.69 Å². The molecule has 0 saturated carbocycles. The lowest BCUT2D eigenvalue weighted by Gasteiger charge is -2.07. The fourth-order valence-corrected chi connectivity index (χ4v) is 2.02. The number of methoxy groups -OCH3 is 1. The number of nitrogens with zero attached hydrogens (tertiary/aromatic N) is 1. The lowest BCUT2D eigenvalue weighted by atomic mass is 10.1. The van der Waals surface area contributed by atoms with Crippen molar-refractivity contribution in [3.63, 3.8) is 0 Å². The highest BCUT2D eigenvalue weighted by Gasteiger charge is 2.11. The van der Waals surface area contributed by atoms with E-state index in [-0.39, 0.29) is 5.57 Å². The second kappa shape index (κ2) is 7.30. The maximum atomic E-state index is 12.2. The molecule has 4 nitrogen and oxygen atoms in total. The largest absolute Gasteiger partial charge is 0.496 e. The summed E-state index contributed by atoms with van der Waals surface area (Å²) in [4.78, 5) is 12.2. The molecule has 0 aliphatic heterocycles. The molecule has 0 saturated heterocycles. The van der Waals surface area contributed by atoms with E-state index in [1.165, 1.54) is 13.2 Å². The van der Waals surface area contributed by atoms with E-state index >= 15 is 0 Å². The third-order valence-corrected chi connectivity index (χ3v) is 3.12. The third kappa shape index (κ3) is 3.87. The SMILES string of the molecule is COc1ccc(Cl)cc1/C=C(/C#N)C(=O)Nc1ccccc1. The van der Waals surface area contributed by atoms with E-state index in [2.05, 4.69) is 5.32 Å². The second-order valence-corrected chi connectivity index (χ2v) is 4.81. The van der Waals surface area contributed by atoms with Crippen molar-refractivity contribution in [1.29, 1.82) is 5.26 Å². The summed E-state index contributed by atoms with van der Waals surface area (Å²) in [5, 5.41) is 12.4. The van der Waals surface area contributed by atoms with E-state index in [0.29, 0.717) is 22.0 Å². The van der Waals surface area contributed by atoms with Crippen LogP contribution < -0.4 is 10.1 Å². The lowest BCUT2D eigenvalue weighted by molar-refractivity contribution is -0.112. The Labute approximate surface area is 133 Å². The van der Waals surface area contributed by atoms with Crippen LogP contribution in [-0.4, -0.2) is 13.0 Å². The van der Waals surface area contributed by atoms with Gasteiger partial charge in [-0.15, -0.1) is 0 Å². The minimum atomic E-state index is -0.490. The highest BCUT2D eigenvalue weighted by molar-refractivity contribution is 6.30. The summed E-state index contributed by atoms with van der Waals surface area (Å²) < 4.78 is 5.20. The molecule has 0 unspecified atom stereocenters. The van der Waals surface area contributed by atoms with E-state index < -0.39 is 5.91 Å². The van der Waals surface area contributed by atoms with E-state index in [9.17, 15) is 10.1 Å². The average Bonchev–Trinajstić information content (AvgIpc) is 2.53. The van der Waals surface area contributed by atoms with Gasteiger partial charge in [0.15, 0.2) is 0 Å². The summed E-state index contributed by atoms with van der Waals surface area (Å²) in [6, 6.07) is 15.8. The summed E-state index contributed by atoms with van der Waals surface area (Å²) in [6.45, 7) is 0. The van der Waals surface area contributed by atoms with Crippen LogP contribution >= 0.6 is 11.6 Å². The van der Waals surface area contributed by atoms with Gasteiger partial charge in [0.25, 0.3) is 5.91 Å². The van der Waals surface area contributed by atoms with Crippen molar-refractivity contribution in [1.82, 2.24) is 0 Å². The molecule has 1 N–H and O–H groups in total. The molecule has 0 aliphatic rings. The predicted molar refractivity (Wildman–Crippen MR) is 86.7 cm³/mol. The minimum Gasteiger partial charge on any atom is -0.496 e. The summed E-state index contributed by atoms with van der Waals surface area (Å²) in [6.07, 6.45) is 1.45. The fourth-order valence-electron chi connectivity index (χ4n) is 1.84. The molecule has 2 aromatic carbocycles. The van der Waals surface area contributed by atoms with Crippen LogP contribution in [0.5, 0.6) is 5.75 Å². The van der Waals surface area contributed by atoms with Gasteiger partial charge in [-0.1, -0.05) is 29.8 Å². The molecule has 0 spiro atoms. The number of rotatable bonds is 4. The molecule has 22 heavy (non-hydrogen) atoms. The van der Waals surface area contributed by atoms with Gasteiger partial charge in [-0.05, 0) is 36.4 Å². The maximum Gasteiger partial charge on any atom is 0.266 e. The number of benzene rings is 2. The predicted octanol–water partition coefficient (Wildman–Crippen LogP) is 3.89. The minimum absolute atomic E-state index is 0.0376. The van der Waals surface area contributed by atoms with Gasteiger partial charge in [-0.3, -0.25) is 4.79 Å². The summed E-state index contributed by atoms with van der Waals surface area (Å²) in [5.74, 6) is 0.0420. The van der Waals surface area contributed by atoms with Gasteiger partial charge in [0.2, 0.25) is 0 Å². The van der Waals surface area contributed by atoms with Crippen LogP contribution in [0.2, 0.25) is 5.02 Å². The molecule has 2 aromatic rings. The molecule has 0 heterocycles. The van der Waals surface area contributed by atoms with E-state index in [1.54, 1.807) is 42.5 Å². The molecule has 5 heteroatoms. The van der Waals surface area contributed by atoms with Crippen molar-refractivity contribution in [3.05, 3.63) is 64.7 Å². The zero-order valence-corrected chi connectivity index (χ0v) is 12.6. The summed E-state index contributed by atoms with van der Waals surface area (Å²) in [5.41, 5.74) is 1.14. The van der Waals surface area contributed by atoms with Crippen LogP contribution in [0, 0.1) is 11.3 Å². The number of hydrogen-bond acceptors (Lipinski definition) is 3. The number of para-hydroxylation sites is 1. The molecule has 0 aromatic heterocycles. The topological polar surface area (TPSA) is 62.1 Å². The number of carbonyl (C=O) groups is 1. The fraction of sp³-hybridized carbons (Fsp3) is 0.0588. The van der Waals surface area contributed by atoms with Crippen molar-refractivity contribution >= 4 is 29.3 Å². The second-order valence-electron chi connectivity index (χ2n) is 4.38. The van der Waals surface area contributed by atoms with Gasteiger partial charge >= 0.3 is 0 Å². The molecule has 1 amide bonds. The van der Waals surface area contributed by atoms with Crippen molar-refractivity contribution in [3.8, 4) is 11.8 Å². The van der Waals surface area contributed by atoms with Crippen molar-refractivity contribution in [2.75, 3.05) is 12.4 Å². The Hall–Kier alpha value is -2.77. The Kier molecular flexibility index (Phi) is 5.18. The first-order valence-corrected chi connectivity index (χ1v) is 6.83. The monoisotopic (exact) mass is 312 g/mol. The Morgan fingerprint density at radius 1 is 1.27 bits per heavy atom. The number of nitriles is 1. The van der Waals surface area contributed by atoms with Crippen molar-refractivity contribution < 1.29 is 9.53 Å². The first-order valence-electron chi connectivity index (χ1n) is 6.46. The number of carbonyl (C=O) groups excluding carboxylic acids is 1. The number of hydrogen-bond donors (Lipinski definition) is 1. The number of halogens is 1. The number of ether oxygens (including phenoxy) is 1. The molecular formula is C17H13ClN2O2. The smallest absolute Gasteiger partial charge is 0.266 e. The quantitative estimate of drug-likeness (QED) is 0.688. The van der Waals surface area contributed by atoms with Crippen LogP contribution in [0.25, 0.3) is 6.08 Å². The Balaban J connectivity index is 2.30. The zero-order chi connectivity index (χ0) is 15.9. The summed E-state index contributed by atoms with van der Waals surface area (Å²) >= 11 is 5.94. The average molecular weight is 313 g/mol. The lowest BCUT2D eigenvalue weighted by Crippen LogP contribution is -2.13. The highest BCUT2D eigenvalue weighted by atomic mass is 35.5. The Morgan fingerprint density at radius 3 is 2.64 bits per heavy atom. The van der Waals surface area contributed by atoms with E-state index in [4.69, 9.17) is 16.3 Å². The maximum absolute atomic E-state index is 12.2. The van der Waals surface area contributed by atoms with E-state index in [0.717, 1.165) is 0 Å². The molecular weight excluding hydrogens is 300 g/mol. The highest BCUT2D eigenvalue weighted by Crippen LogP contribution is 2.25. The first kappa shape index (κ1) is 15.6. The zero-order valence-electron chi connectivity index (χ0n) is 11.8. The van der Waals surface area contributed by atoms with Crippen molar-refractivity contribution in [2.24, 2.45) is 0 Å². The number of nitrogens with one attached hydrogen (secondary N) is 1. The van der Waals surface area contributed by atoms with Gasteiger partial charge in [0, 0.05) is 16.3 Å². The molecule has 110 valence electrons. The van der Waals surface area contributed by atoms with Gasteiger partial charge < -0.3 is 10.1 Å². The number of anilines is 1. The third-order valence-electron chi connectivity index (χ3n) is 2.89. The van der Waals surface area contributed by atoms with Gasteiger partial charge in [-0.25, -0.2) is 0 Å². The molecule has 0 radical (unpaired) electrons. The standard InChI is InChI=1S/C17H13ClN2O2/c1-22-16-8-7-14(18)10-12(16)9-13(11-19)17(21)20-15-5-3-2-4-6-15/h2-10H,1H3,(H,20,21)/b13-9-. The van der Waals surface area contributed by atoms with Crippen molar-refractivity contribution in [2.45, 2.75) is 0 Å². The normalized spacial score (nSPS) is 10.7. The molecule has 0 atom stereocenters. The van der Waals surface area contributed by atoms with Crippen LogP contribution in [-0.2, 0) is 4.79 Å². The molecule has 2 rings (SSSR count). The van der Waals surface area contributed by atoms with Crippen LogP contribution in [0.1, 0.15) is 5.56 Å². The Bertz CT molecular complexity index is 749. The van der Waals surface area contributed by atoms with Crippen LogP contribution in [0.15, 0.2) is 54.1 Å². The Morgan fingerprint density at radius 2 is 2.00 bits per heavy atom. The van der Waals surface area contributed by atoms with Gasteiger partial charge in [-0.2, -0.15) is 5.26 Å². The molecule has 0 fully saturated rings.